The molecule has 20 heavy (non-hydrogen) atoms. The van der Waals surface area contributed by atoms with Crippen LogP contribution in [-0.2, 0) is 4.79 Å². The molecular formula is C14H18ClN3O2. The van der Waals surface area contributed by atoms with Crippen molar-refractivity contribution in [2.75, 3.05) is 11.9 Å². The Bertz CT molecular complexity index is 541. The number of amides is 2. The van der Waals surface area contributed by atoms with E-state index < -0.39 is 5.54 Å². The van der Waals surface area contributed by atoms with Crippen molar-refractivity contribution in [2.24, 2.45) is 5.73 Å². The zero-order chi connectivity index (χ0) is 14.8. The van der Waals surface area contributed by atoms with Crippen molar-refractivity contribution in [3.05, 3.63) is 28.8 Å². The predicted molar refractivity (Wildman–Crippen MR) is 78.9 cm³/mol. The molecule has 0 bridgehead atoms. The van der Waals surface area contributed by atoms with E-state index in [1.807, 2.05) is 6.92 Å². The summed E-state index contributed by atoms with van der Waals surface area (Å²) in [6.07, 6.45) is 2.25. The van der Waals surface area contributed by atoms with Crippen molar-refractivity contribution in [1.29, 1.82) is 0 Å². The second kappa shape index (κ2) is 5.81. The van der Waals surface area contributed by atoms with Gasteiger partial charge in [0.1, 0.15) is 0 Å². The largest absolute Gasteiger partial charge is 0.352 e. The molecule has 1 saturated carbocycles. The molecule has 0 radical (unpaired) electrons. The normalized spacial score (nSPS) is 15.6. The summed E-state index contributed by atoms with van der Waals surface area (Å²) in [7, 11) is 0. The third kappa shape index (κ3) is 3.29. The van der Waals surface area contributed by atoms with Gasteiger partial charge in [0.15, 0.2) is 0 Å². The van der Waals surface area contributed by atoms with Crippen LogP contribution < -0.4 is 16.4 Å². The maximum atomic E-state index is 11.8. The quantitative estimate of drug-likeness (QED) is 0.776. The number of carbonyl (C=O) groups excluding carboxylic acids is 2. The average molecular weight is 296 g/mol. The first-order chi connectivity index (χ1) is 9.46. The molecule has 5 nitrogen and oxygen atoms in total. The van der Waals surface area contributed by atoms with Gasteiger partial charge < -0.3 is 16.4 Å². The standard InChI is InChI=1S/C14H18ClN3O2/c1-2-7-17-12(19)10-4-3-9(8-11(10)15)18-13(20)14(16)5-6-14/h3-4,8H,2,5-7,16H2,1H3,(H,17,19)(H,18,20). The lowest BCUT2D eigenvalue weighted by Crippen LogP contribution is -2.37. The smallest absolute Gasteiger partial charge is 0.252 e. The summed E-state index contributed by atoms with van der Waals surface area (Å²) in [6, 6.07) is 4.81. The van der Waals surface area contributed by atoms with Gasteiger partial charge in [-0.05, 0) is 37.5 Å². The van der Waals surface area contributed by atoms with Gasteiger partial charge in [-0.2, -0.15) is 0 Å². The van der Waals surface area contributed by atoms with Crippen molar-refractivity contribution in [1.82, 2.24) is 5.32 Å². The van der Waals surface area contributed by atoms with Crippen LogP contribution in [0.5, 0.6) is 0 Å². The van der Waals surface area contributed by atoms with Gasteiger partial charge >= 0.3 is 0 Å². The number of hydrogen-bond donors (Lipinski definition) is 3. The van der Waals surface area contributed by atoms with Crippen LogP contribution in [-0.4, -0.2) is 23.9 Å². The van der Waals surface area contributed by atoms with E-state index in [1.165, 1.54) is 0 Å². The molecule has 0 aromatic heterocycles. The van der Waals surface area contributed by atoms with Gasteiger partial charge in [-0.25, -0.2) is 0 Å². The van der Waals surface area contributed by atoms with Crippen LogP contribution in [0.3, 0.4) is 0 Å². The van der Waals surface area contributed by atoms with E-state index in [1.54, 1.807) is 18.2 Å². The Hall–Kier alpha value is -1.59. The molecule has 1 aromatic rings. The number of hydrogen-bond acceptors (Lipinski definition) is 3. The highest BCUT2D eigenvalue weighted by atomic mass is 35.5. The molecule has 108 valence electrons. The first-order valence-corrected chi connectivity index (χ1v) is 7.02. The minimum absolute atomic E-state index is 0.211. The van der Waals surface area contributed by atoms with Crippen molar-refractivity contribution in [3.63, 3.8) is 0 Å². The number of carbonyl (C=O) groups is 2. The lowest BCUT2D eigenvalue weighted by molar-refractivity contribution is -0.118. The molecule has 0 atom stereocenters. The number of rotatable bonds is 5. The number of anilines is 1. The first kappa shape index (κ1) is 14.8. The number of nitrogens with two attached hydrogens (primary N) is 1. The lowest BCUT2D eigenvalue weighted by Gasteiger charge is -2.11. The number of benzene rings is 1. The van der Waals surface area contributed by atoms with E-state index in [0.29, 0.717) is 35.7 Å². The van der Waals surface area contributed by atoms with E-state index in [2.05, 4.69) is 10.6 Å². The van der Waals surface area contributed by atoms with E-state index >= 15 is 0 Å². The van der Waals surface area contributed by atoms with E-state index in [0.717, 1.165) is 6.42 Å². The van der Waals surface area contributed by atoms with Gasteiger partial charge in [-0.3, -0.25) is 9.59 Å². The van der Waals surface area contributed by atoms with Gasteiger partial charge in [0.2, 0.25) is 5.91 Å². The molecule has 0 spiro atoms. The predicted octanol–water partition coefficient (Wildman–Crippen LogP) is 1.91. The highest BCUT2D eigenvalue weighted by molar-refractivity contribution is 6.34. The van der Waals surface area contributed by atoms with Crippen LogP contribution in [0.25, 0.3) is 0 Å². The van der Waals surface area contributed by atoms with Crippen LogP contribution in [0.2, 0.25) is 5.02 Å². The van der Waals surface area contributed by atoms with Gasteiger partial charge in [0, 0.05) is 12.2 Å². The maximum Gasteiger partial charge on any atom is 0.252 e. The summed E-state index contributed by atoms with van der Waals surface area (Å²) in [4.78, 5) is 23.6. The molecular weight excluding hydrogens is 278 g/mol. The fourth-order valence-corrected chi connectivity index (χ4v) is 1.99. The Morgan fingerprint density at radius 2 is 2.10 bits per heavy atom. The Morgan fingerprint density at radius 3 is 2.65 bits per heavy atom. The maximum absolute atomic E-state index is 11.8. The number of nitrogens with one attached hydrogen (secondary N) is 2. The fourth-order valence-electron chi connectivity index (χ4n) is 1.73. The van der Waals surface area contributed by atoms with E-state index in [4.69, 9.17) is 17.3 Å². The molecule has 0 aliphatic heterocycles. The molecule has 1 aliphatic rings. The average Bonchev–Trinajstić information content (AvgIpc) is 3.15. The Kier molecular flexibility index (Phi) is 4.30. The van der Waals surface area contributed by atoms with Crippen LogP contribution >= 0.6 is 11.6 Å². The molecule has 0 unspecified atom stereocenters. The molecule has 2 amide bonds. The van der Waals surface area contributed by atoms with Crippen LogP contribution in [0, 0.1) is 0 Å². The molecule has 6 heteroatoms. The molecule has 0 heterocycles. The Labute approximate surface area is 122 Å². The zero-order valence-electron chi connectivity index (χ0n) is 11.3. The second-order valence-electron chi connectivity index (χ2n) is 5.06. The third-order valence-electron chi connectivity index (χ3n) is 3.25. The summed E-state index contributed by atoms with van der Waals surface area (Å²) in [5, 5.41) is 5.77. The van der Waals surface area contributed by atoms with E-state index in [9.17, 15) is 9.59 Å². The topological polar surface area (TPSA) is 84.2 Å². The van der Waals surface area contributed by atoms with Gasteiger partial charge in [-0.15, -0.1) is 0 Å². The van der Waals surface area contributed by atoms with Gasteiger partial charge in [0.25, 0.3) is 5.91 Å². The zero-order valence-corrected chi connectivity index (χ0v) is 12.1. The molecule has 0 saturated heterocycles. The minimum atomic E-state index is -0.732. The lowest BCUT2D eigenvalue weighted by atomic mass is 10.1. The molecule has 1 aromatic carbocycles. The van der Waals surface area contributed by atoms with Gasteiger partial charge in [-0.1, -0.05) is 18.5 Å². The SMILES string of the molecule is CCCNC(=O)c1ccc(NC(=O)C2(N)CC2)cc1Cl. The summed E-state index contributed by atoms with van der Waals surface area (Å²) in [5.41, 5.74) is 6.01. The molecule has 1 fully saturated rings. The Morgan fingerprint density at radius 1 is 1.40 bits per heavy atom. The summed E-state index contributed by atoms with van der Waals surface area (Å²) >= 11 is 6.07. The summed E-state index contributed by atoms with van der Waals surface area (Å²) in [5.74, 6) is -0.427. The Balaban J connectivity index is 2.05. The van der Waals surface area contributed by atoms with Crippen molar-refractivity contribution >= 4 is 29.1 Å². The van der Waals surface area contributed by atoms with Crippen molar-refractivity contribution < 1.29 is 9.59 Å². The van der Waals surface area contributed by atoms with Crippen LogP contribution in [0.15, 0.2) is 18.2 Å². The van der Waals surface area contributed by atoms with E-state index in [-0.39, 0.29) is 11.8 Å². The first-order valence-electron chi connectivity index (χ1n) is 6.64. The van der Waals surface area contributed by atoms with Gasteiger partial charge in [0.05, 0.1) is 16.1 Å². The van der Waals surface area contributed by atoms with Crippen molar-refractivity contribution in [3.8, 4) is 0 Å². The fraction of sp³-hybridized carbons (Fsp3) is 0.429. The molecule has 1 aliphatic carbocycles. The highest BCUT2D eigenvalue weighted by Gasteiger charge is 2.45. The number of halogens is 1. The van der Waals surface area contributed by atoms with Crippen LogP contribution in [0.1, 0.15) is 36.5 Å². The third-order valence-corrected chi connectivity index (χ3v) is 3.56. The molecule has 4 N–H and O–H groups in total. The van der Waals surface area contributed by atoms with Crippen molar-refractivity contribution in [2.45, 2.75) is 31.7 Å². The second-order valence-corrected chi connectivity index (χ2v) is 5.47. The summed E-state index contributed by atoms with van der Waals surface area (Å²) < 4.78 is 0. The monoisotopic (exact) mass is 295 g/mol. The van der Waals surface area contributed by atoms with Crippen LogP contribution in [0.4, 0.5) is 5.69 Å². The minimum Gasteiger partial charge on any atom is -0.352 e. The highest BCUT2D eigenvalue weighted by Crippen LogP contribution is 2.33. The molecule has 2 rings (SSSR count). The summed E-state index contributed by atoms with van der Waals surface area (Å²) in [6.45, 7) is 2.57.